The molecule has 39 heavy (non-hydrogen) atoms. The zero-order chi connectivity index (χ0) is 28.2. The van der Waals surface area contributed by atoms with Gasteiger partial charge in [0.05, 0.1) is 18.3 Å². The van der Waals surface area contributed by atoms with Gasteiger partial charge in [-0.05, 0) is 68.4 Å². The Bertz CT molecular complexity index is 1120. The van der Waals surface area contributed by atoms with E-state index in [1.54, 1.807) is 0 Å². The standard InChI is InChI=1S/C31H43NO7/c1-15(2)20-14-22(32-10-9-17-7-5-4-6-8-17)27(35)26-21(20)12-18-11-19-13-23(34)24(16(3)33)29(37)31(19,39)30(38)25(18)28(26)36/h4-8,15,18-22,25-28,30,32,35-39H,9-14H2,1-3H3/t18-,19+,20?,21?,22?,25?,26?,27?,28?,30?,31-/m1/s1. The van der Waals surface area contributed by atoms with Crippen molar-refractivity contribution in [3.8, 4) is 0 Å². The second-order valence-electron chi connectivity index (χ2n) is 12.8. The van der Waals surface area contributed by atoms with E-state index in [2.05, 4.69) is 31.3 Å². The molecule has 1 aromatic rings. The minimum absolute atomic E-state index is 0.0260. The average Bonchev–Trinajstić information content (AvgIpc) is 2.87. The van der Waals surface area contributed by atoms with Gasteiger partial charge in [-0.25, -0.2) is 0 Å². The van der Waals surface area contributed by atoms with Crippen molar-refractivity contribution in [1.82, 2.24) is 5.32 Å². The first-order chi connectivity index (χ1) is 18.5. The molecule has 8 heteroatoms. The van der Waals surface area contributed by atoms with Crippen molar-refractivity contribution >= 4 is 11.6 Å². The number of fused-ring (bicyclic) bond motifs is 3. The maximum atomic E-state index is 12.7. The number of allylic oxidation sites excluding steroid dienone is 1. The maximum absolute atomic E-state index is 12.7. The third-order valence-electron chi connectivity index (χ3n) is 10.5. The van der Waals surface area contributed by atoms with Gasteiger partial charge in [0.1, 0.15) is 11.3 Å². The quantitative estimate of drug-likeness (QED) is 0.300. The van der Waals surface area contributed by atoms with Crippen LogP contribution in [-0.4, -0.2) is 73.6 Å². The van der Waals surface area contributed by atoms with Crippen LogP contribution in [0, 0.1) is 41.4 Å². The number of rotatable bonds is 6. The molecule has 4 aliphatic carbocycles. The van der Waals surface area contributed by atoms with Gasteiger partial charge in [-0.15, -0.1) is 0 Å². The second kappa shape index (κ2) is 10.7. The smallest absolute Gasteiger partial charge is 0.170 e. The maximum Gasteiger partial charge on any atom is 0.170 e. The fourth-order valence-electron chi connectivity index (χ4n) is 8.63. The lowest BCUT2D eigenvalue weighted by Gasteiger charge is -2.60. The Morgan fingerprint density at radius 2 is 1.74 bits per heavy atom. The van der Waals surface area contributed by atoms with Crippen molar-refractivity contribution in [2.24, 2.45) is 41.4 Å². The van der Waals surface area contributed by atoms with Crippen LogP contribution in [0.5, 0.6) is 0 Å². The summed E-state index contributed by atoms with van der Waals surface area (Å²) in [4.78, 5) is 24.8. The summed E-state index contributed by atoms with van der Waals surface area (Å²) < 4.78 is 0. The van der Waals surface area contributed by atoms with Gasteiger partial charge in [0.15, 0.2) is 17.2 Å². The molecule has 0 saturated heterocycles. The van der Waals surface area contributed by atoms with Crippen molar-refractivity contribution < 1.29 is 35.1 Å². The van der Waals surface area contributed by atoms with Crippen molar-refractivity contribution in [2.45, 2.75) is 82.8 Å². The Kier molecular flexibility index (Phi) is 7.81. The number of aliphatic hydroxyl groups is 5. The Morgan fingerprint density at radius 1 is 1.05 bits per heavy atom. The van der Waals surface area contributed by atoms with Gasteiger partial charge in [0, 0.05) is 30.2 Å². The highest BCUT2D eigenvalue weighted by Crippen LogP contribution is 2.58. The van der Waals surface area contributed by atoms with Gasteiger partial charge in [-0.2, -0.15) is 0 Å². The van der Waals surface area contributed by atoms with E-state index in [4.69, 9.17) is 0 Å². The highest BCUT2D eigenvalue weighted by atomic mass is 16.4. The number of benzene rings is 1. The zero-order valence-electron chi connectivity index (χ0n) is 23.0. The van der Waals surface area contributed by atoms with Crippen molar-refractivity contribution in [3.63, 3.8) is 0 Å². The summed E-state index contributed by atoms with van der Waals surface area (Å²) in [7, 11) is 0. The fraction of sp³-hybridized carbons (Fsp3) is 0.677. The molecular weight excluding hydrogens is 498 g/mol. The molecule has 11 atom stereocenters. The number of ketones is 2. The largest absolute Gasteiger partial charge is 0.508 e. The summed E-state index contributed by atoms with van der Waals surface area (Å²) in [6.45, 7) is 6.17. The topological polar surface area (TPSA) is 147 Å². The number of carbonyl (C=O) groups is 2. The molecule has 8 unspecified atom stereocenters. The predicted molar refractivity (Wildman–Crippen MR) is 144 cm³/mol. The molecule has 0 heterocycles. The number of carbonyl (C=O) groups excluding carboxylic acids is 2. The summed E-state index contributed by atoms with van der Waals surface area (Å²) >= 11 is 0. The molecule has 0 bridgehead atoms. The fourth-order valence-corrected chi connectivity index (χ4v) is 8.63. The first kappa shape index (κ1) is 28.4. The molecule has 3 fully saturated rings. The predicted octanol–water partition coefficient (Wildman–Crippen LogP) is 1.94. The molecule has 6 N–H and O–H groups in total. The number of nitrogens with one attached hydrogen (secondary N) is 1. The highest BCUT2D eigenvalue weighted by molar-refractivity contribution is 6.20. The molecular formula is C31H43NO7. The van der Waals surface area contributed by atoms with Gasteiger partial charge >= 0.3 is 0 Å². The number of Topliss-reactive ketones (excluding diaryl/α,β-unsaturated/α-hetero) is 2. The summed E-state index contributed by atoms with van der Waals surface area (Å²) in [6.07, 6.45) is -1.08. The number of hydrogen-bond donors (Lipinski definition) is 6. The van der Waals surface area contributed by atoms with Gasteiger partial charge in [0.2, 0.25) is 0 Å². The summed E-state index contributed by atoms with van der Waals surface area (Å²) in [5.41, 5.74) is -1.45. The molecule has 1 aromatic carbocycles. The van der Waals surface area contributed by atoms with Crippen LogP contribution in [0.15, 0.2) is 41.7 Å². The Labute approximate surface area is 230 Å². The van der Waals surface area contributed by atoms with E-state index >= 15 is 0 Å². The van der Waals surface area contributed by atoms with Crippen LogP contribution in [0.4, 0.5) is 0 Å². The van der Waals surface area contributed by atoms with Gasteiger partial charge in [-0.1, -0.05) is 44.2 Å². The monoisotopic (exact) mass is 541 g/mol. The molecule has 3 saturated carbocycles. The Hall–Kier alpha value is -2.10. The van der Waals surface area contributed by atoms with Crippen LogP contribution in [0.25, 0.3) is 0 Å². The summed E-state index contributed by atoms with van der Waals surface area (Å²) in [5, 5.41) is 61.0. The van der Waals surface area contributed by atoms with E-state index in [9.17, 15) is 35.1 Å². The second-order valence-corrected chi connectivity index (χ2v) is 12.8. The van der Waals surface area contributed by atoms with E-state index in [1.165, 1.54) is 5.56 Å². The van der Waals surface area contributed by atoms with E-state index in [1.807, 2.05) is 18.2 Å². The highest BCUT2D eigenvalue weighted by Gasteiger charge is 2.65. The van der Waals surface area contributed by atoms with Crippen LogP contribution in [0.2, 0.25) is 0 Å². The molecule has 0 amide bonds. The minimum atomic E-state index is -2.19. The van der Waals surface area contributed by atoms with Crippen LogP contribution in [0.3, 0.4) is 0 Å². The Balaban J connectivity index is 1.41. The summed E-state index contributed by atoms with van der Waals surface area (Å²) in [5.74, 6) is -3.61. The van der Waals surface area contributed by atoms with Gasteiger partial charge in [-0.3, -0.25) is 9.59 Å². The molecule has 0 aliphatic heterocycles. The van der Waals surface area contributed by atoms with Crippen LogP contribution in [-0.2, 0) is 16.0 Å². The first-order valence-corrected chi connectivity index (χ1v) is 14.5. The molecule has 0 aromatic heterocycles. The average molecular weight is 542 g/mol. The van der Waals surface area contributed by atoms with Crippen LogP contribution in [0.1, 0.15) is 52.0 Å². The number of hydrogen-bond acceptors (Lipinski definition) is 8. The van der Waals surface area contributed by atoms with Crippen LogP contribution >= 0.6 is 0 Å². The Morgan fingerprint density at radius 3 is 2.38 bits per heavy atom. The van der Waals surface area contributed by atoms with Crippen molar-refractivity contribution in [1.29, 1.82) is 0 Å². The van der Waals surface area contributed by atoms with E-state index < -0.39 is 64.6 Å². The molecule has 8 nitrogen and oxygen atoms in total. The zero-order valence-corrected chi connectivity index (χ0v) is 23.0. The van der Waals surface area contributed by atoms with E-state index in [0.29, 0.717) is 25.3 Å². The van der Waals surface area contributed by atoms with E-state index in [-0.39, 0.29) is 30.2 Å². The molecule has 0 radical (unpaired) electrons. The lowest BCUT2D eigenvalue weighted by atomic mass is 9.48. The summed E-state index contributed by atoms with van der Waals surface area (Å²) in [6, 6.07) is 9.89. The third-order valence-corrected chi connectivity index (χ3v) is 10.5. The normalized spacial score (nSPS) is 42.1. The van der Waals surface area contributed by atoms with Gasteiger partial charge < -0.3 is 30.8 Å². The number of aliphatic hydroxyl groups excluding tert-OH is 4. The van der Waals surface area contributed by atoms with Crippen molar-refractivity contribution in [2.75, 3.05) is 6.54 Å². The third kappa shape index (κ3) is 4.68. The first-order valence-electron chi connectivity index (χ1n) is 14.5. The minimum Gasteiger partial charge on any atom is -0.508 e. The molecule has 0 spiro atoms. The molecule has 214 valence electrons. The molecule has 4 aliphatic rings. The lowest BCUT2D eigenvalue weighted by Crippen LogP contribution is -2.69. The van der Waals surface area contributed by atoms with Crippen molar-refractivity contribution in [3.05, 3.63) is 47.2 Å². The SMILES string of the molecule is CC(=O)C1=C(O)[C@@]2(O)C(O)C3C(O)C4C(O)C(NCCc5ccccc5)CC(C(C)C)C4C[C@H]3C[C@H]2CC1=O. The van der Waals surface area contributed by atoms with E-state index in [0.717, 1.165) is 19.8 Å². The lowest BCUT2D eigenvalue weighted by molar-refractivity contribution is -0.235. The van der Waals surface area contributed by atoms with Crippen LogP contribution < -0.4 is 5.32 Å². The van der Waals surface area contributed by atoms with Gasteiger partial charge in [0.25, 0.3) is 0 Å². The molecule has 5 rings (SSSR count).